The Kier molecular flexibility index (Phi) is 4.23. The molecule has 11 heteroatoms. The van der Waals surface area contributed by atoms with E-state index in [4.69, 9.17) is 10.5 Å². The van der Waals surface area contributed by atoms with Gasteiger partial charge in [0.05, 0.1) is 17.3 Å². The Balaban J connectivity index is 1.68. The molecule has 3 aromatic rings. The number of aliphatic hydroxyl groups is 3. The highest BCUT2D eigenvalue weighted by molar-refractivity contribution is 5.86. The summed E-state index contributed by atoms with van der Waals surface area (Å²) in [4.78, 5) is 11.4. The second-order valence-electron chi connectivity index (χ2n) is 6.16. The van der Waals surface area contributed by atoms with E-state index in [2.05, 4.69) is 15.0 Å². The number of nitrogens with two attached hydrogens (primary N) is 1. The third kappa shape index (κ3) is 2.80. The highest BCUT2D eigenvalue weighted by atomic mass is 19.1. The van der Waals surface area contributed by atoms with Crippen LogP contribution in [0.5, 0.6) is 0 Å². The van der Waals surface area contributed by atoms with Gasteiger partial charge in [-0.05, 0) is 12.1 Å². The van der Waals surface area contributed by atoms with Crippen molar-refractivity contribution in [3.8, 4) is 0 Å². The minimum Gasteiger partial charge on any atom is -0.387 e. The maximum atomic E-state index is 14.2. The topological polar surface area (TPSA) is 140 Å². The minimum absolute atomic E-state index is 0.0448. The van der Waals surface area contributed by atoms with Gasteiger partial charge in [0.1, 0.15) is 42.4 Å². The first-order chi connectivity index (χ1) is 12.9. The van der Waals surface area contributed by atoms with Crippen LogP contribution in [0.2, 0.25) is 0 Å². The number of pyridine rings is 1. The Labute approximate surface area is 150 Å². The maximum Gasteiger partial charge on any atom is 0.164 e. The number of aliphatic hydroxyl groups excluding tert-OH is 3. The average Bonchev–Trinajstić information content (AvgIpc) is 3.13. The molecule has 0 saturated carbocycles. The Morgan fingerprint density at radius 2 is 1.93 bits per heavy atom. The lowest BCUT2D eigenvalue weighted by Gasteiger charge is -2.20. The van der Waals surface area contributed by atoms with Crippen LogP contribution in [0.15, 0.2) is 30.9 Å². The fraction of sp³-hybridized carbons (Fsp3) is 0.312. The highest BCUT2D eigenvalue weighted by Crippen LogP contribution is 2.38. The van der Waals surface area contributed by atoms with Crippen molar-refractivity contribution in [1.29, 1.82) is 0 Å². The fourth-order valence-corrected chi connectivity index (χ4v) is 3.16. The quantitative estimate of drug-likeness (QED) is 0.500. The van der Waals surface area contributed by atoms with Crippen molar-refractivity contribution < 1.29 is 28.8 Å². The lowest BCUT2D eigenvalue weighted by atomic mass is 10.0. The van der Waals surface area contributed by atoms with E-state index < -0.39 is 42.3 Å². The van der Waals surface area contributed by atoms with Crippen molar-refractivity contribution in [2.45, 2.75) is 30.6 Å². The van der Waals surface area contributed by atoms with Crippen molar-refractivity contribution in [2.75, 3.05) is 5.73 Å². The lowest BCUT2D eigenvalue weighted by molar-refractivity contribution is -0.0861. The third-order valence-electron chi connectivity index (χ3n) is 4.51. The first kappa shape index (κ1) is 17.7. The number of rotatable bonds is 3. The van der Waals surface area contributed by atoms with Crippen molar-refractivity contribution in [3.63, 3.8) is 0 Å². The predicted molar refractivity (Wildman–Crippen MR) is 87.0 cm³/mol. The molecule has 1 saturated heterocycles. The van der Waals surface area contributed by atoms with Crippen LogP contribution in [0.25, 0.3) is 11.0 Å². The molecule has 0 spiro atoms. The summed E-state index contributed by atoms with van der Waals surface area (Å²) in [6.45, 7) is 0. The molecule has 5 unspecified atom stereocenters. The van der Waals surface area contributed by atoms with Gasteiger partial charge >= 0.3 is 0 Å². The zero-order valence-corrected chi connectivity index (χ0v) is 13.6. The maximum absolute atomic E-state index is 14.2. The van der Waals surface area contributed by atoms with Crippen molar-refractivity contribution >= 4 is 16.9 Å². The number of nitrogen functional groups attached to an aromatic ring is 1. The van der Waals surface area contributed by atoms with Gasteiger partial charge < -0.3 is 30.4 Å². The molecule has 5 atom stereocenters. The predicted octanol–water partition coefficient (Wildman–Crippen LogP) is 0.0395. The molecule has 0 radical (unpaired) electrons. The van der Waals surface area contributed by atoms with E-state index in [9.17, 15) is 24.1 Å². The van der Waals surface area contributed by atoms with Crippen LogP contribution in [-0.4, -0.2) is 53.2 Å². The fourth-order valence-electron chi connectivity index (χ4n) is 3.16. The van der Waals surface area contributed by atoms with Crippen LogP contribution in [0, 0.1) is 11.6 Å². The lowest BCUT2D eigenvalue weighted by Crippen LogP contribution is -2.35. The van der Waals surface area contributed by atoms with E-state index in [1.54, 1.807) is 0 Å². The van der Waals surface area contributed by atoms with Crippen LogP contribution in [0.4, 0.5) is 14.6 Å². The molecule has 1 aliphatic rings. The van der Waals surface area contributed by atoms with Gasteiger partial charge in [0.2, 0.25) is 0 Å². The summed E-state index contributed by atoms with van der Waals surface area (Å²) in [5, 5.41) is 31.0. The second-order valence-corrected chi connectivity index (χ2v) is 6.16. The van der Waals surface area contributed by atoms with E-state index in [1.807, 2.05) is 0 Å². The van der Waals surface area contributed by atoms with E-state index in [-0.39, 0.29) is 22.5 Å². The first-order valence-electron chi connectivity index (χ1n) is 7.96. The Morgan fingerprint density at radius 1 is 1.15 bits per heavy atom. The second kappa shape index (κ2) is 6.46. The van der Waals surface area contributed by atoms with Crippen LogP contribution in [0.1, 0.15) is 18.0 Å². The van der Waals surface area contributed by atoms with Gasteiger partial charge in [-0.1, -0.05) is 0 Å². The molecule has 1 fully saturated rings. The molecular formula is C16H15F2N5O4. The van der Waals surface area contributed by atoms with E-state index >= 15 is 0 Å². The molecular weight excluding hydrogens is 364 g/mol. The molecule has 4 rings (SSSR count). The van der Waals surface area contributed by atoms with Crippen molar-refractivity contribution in [2.24, 2.45) is 0 Å². The number of hydrogen-bond donors (Lipinski definition) is 4. The van der Waals surface area contributed by atoms with Crippen LogP contribution in [0.3, 0.4) is 0 Å². The largest absolute Gasteiger partial charge is 0.387 e. The van der Waals surface area contributed by atoms with Gasteiger partial charge in [0, 0.05) is 6.20 Å². The zero-order valence-electron chi connectivity index (χ0n) is 13.6. The van der Waals surface area contributed by atoms with Gasteiger partial charge in [-0.3, -0.25) is 4.98 Å². The zero-order chi connectivity index (χ0) is 19.3. The number of nitrogens with zero attached hydrogens (tertiary/aromatic N) is 4. The standard InChI is InChI=1S/C16H15F2N5O4/c17-6-1-2-8(20-3-6)10(24)13-11(25)12(26)16(27-13)23-4-7(18)9-14(19)21-5-22-15(9)23/h1-5,10-13,16,24-26H,(H2,19,21,22). The van der Waals surface area contributed by atoms with Crippen LogP contribution >= 0.6 is 0 Å². The van der Waals surface area contributed by atoms with Crippen LogP contribution < -0.4 is 5.73 Å². The van der Waals surface area contributed by atoms with Crippen molar-refractivity contribution in [3.05, 3.63) is 48.2 Å². The molecule has 27 heavy (non-hydrogen) atoms. The summed E-state index contributed by atoms with van der Waals surface area (Å²) < 4.78 is 34.0. The smallest absolute Gasteiger partial charge is 0.164 e. The van der Waals surface area contributed by atoms with Gasteiger partial charge in [0.15, 0.2) is 17.7 Å². The average molecular weight is 379 g/mol. The highest BCUT2D eigenvalue weighted by Gasteiger charge is 2.48. The number of ether oxygens (including phenoxy) is 1. The number of aromatic nitrogens is 4. The van der Waals surface area contributed by atoms with Crippen molar-refractivity contribution in [1.82, 2.24) is 19.5 Å². The molecule has 9 nitrogen and oxygen atoms in total. The summed E-state index contributed by atoms with van der Waals surface area (Å²) in [7, 11) is 0. The minimum atomic E-state index is -1.52. The monoisotopic (exact) mass is 379 g/mol. The summed E-state index contributed by atoms with van der Waals surface area (Å²) in [6.07, 6.45) is -3.97. The Hall–Kier alpha value is -2.73. The molecule has 142 valence electrons. The normalized spacial score (nSPS) is 26.6. The molecule has 0 aromatic carbocycles. The molecule has 0 aliphatic carbocycles. The molecule has 1 aliphatic heterocycles. The van der Waals surface area contributed by atoms with Gasteiger partial charge in [-0.25, -0.2) is 18.7 Å². The van der Waals surface area contributed by atoms with Gasteiger partial charge in [-0.15, -0.1) is 0 Å². The number of fused-ring (bicyclic) bond motifs is 1. The summed E-state index contributed by atoms with van der Waals surface area (Å²) in [5.41, 5.74) is 5.76. The first-order valence-corrected chi connectivity index (χ1v) is 7.96. The van der Waals surface area contributed by atoms with Crippen LogP contribution in [-0.2, 0) is 4.74 Å². The SMILES string of the molecule is Nc1ncnc2c1c(F)cn2C1OC(C(O)c2ccc(F)cn2)C(O)C1O. The molecule has 0 amide bonds. The summed E-state index contributed by atoms with van der Waals surface area (Å²) >= 11 is 0. The molecule has 5 N–H and O–H groups in total. The Bertz CT molecular complexity index is 983. The summed E-state index contributed by atoms with van der Waals surface area (Å²) in [6, 6.07) is 2.32. The van der Waals surface area contributed by atoms with Gasteiger partial charge in [-0.2, -0.15) is 0 Å². The molecule has 4 heterocycles. The number of anilines is 1. The third-order valence-corrected chi connectivity index (χ3v) is 4.51. The number of hydrogen-bond acceptors (Lipinski definition) is 8. The van der Waals surface area contributed by atoms with E-state index in [0.29, 0.717) is 0 Å². The molecule has 3 aromatic heterocycles. The summed E-state index contributed by atoms with van der Waals surface area (Å²) in [5.74, 6) is -1.41. The number of halogens is 2. The van der Waals surface area contributed by atoms with E-state index in [0.717, 1.165) is 24.8 Å². The van der Waals surface area contributed by atoms with Gasteiger partial charge in [0.25, 0.3) is 0 Å². The Morgan fingerprint density at radius 3 is 2.63 bits per heavy atom. The van der Waals surface area contributed by atoms with E-state index in [1.165, 1.54) is 10.6 Å². The molecule has 0 bridgehead atoms.